The van der Waals surface area contributed by atoms with E-state index in [1.165, 1.54) is 11.8 Å². The van der Waals surface area contributed by atoms with E-state index >= 15 is 0 Å². The molecular formula is C15H12BrClOS. The quantitative estimate of drug-likeness (QED) is 0.702. The van der Waals surface area contributed by atoms with Gasteiger partial charge in [0.1, 0.15) is 5.78 Å². The average Bonchev–Trinajstić information content (AvgIpc) is 2.36. The number of Topliss-reactive ketones (excluding diaryl/α,β-unsaturated/α-hetero) is 1. The molecule has 0 aromatic heterocycles. The molecule has 2 rings (SSSR count). The molecule has 0 aliphatic heterocycles. The van der Waals surface area contributed by atoms with Gasteiger partial charge in [-0.1, -0.05) is 45.7 Å². The summed E-state index contributed by atoms with van der Waals surface area (Å²) >= 11 is 10.8. The summed E-state index contributed by atoms with van der Waals surface area (Å²) in [6.07, 6.45) is 0.465. The summed E-state index contributed by atoms with van der Waals surface area (Å²) in [4.78, 5) is 12.9. The van der Waals surface area contributed by atoms with Crippen molar-refractivity contribution in [2.75, 3.05) is 5.75 Å². The van der Waals surface area contributed by atoms with Crippen LogP contribution in [0, 0.1) is 0 Å². The Labute approximate surface area is 130 Å². The van der Waals surface area contributed by atoms with Crippen LogP contribution in [0.5, 0.6) is 0 Å². The van der Waals surface area contributed by atoms with Crippen LogP contribution in [0.2, 0.25) is 5.02 Å². The van der Waals surface area contributed by atoms with E-state index in [1.807, 2.05) is 48.5 Å². The molecule has 0 fully saturated rings. The van der Waals surface area contributed by atoms with E-state index in [4.69, 9.17) is 11.6 Å². The second kappa shape index (κ2) is 7.13. The maximum absolute atomic E-state index is 11.9. The minimum Gasteiger partial charge on any atom is -0.298 e. The standard InChI is InChI=1S/C15H12BrClOS/c16-12-4-1-3-11(7-12)8-14(18)10-19-15-6-2-5-13(17)9-15/h1-7,9H,8,10H2. The molecule has 0 radical (unpaired) electrons. The van der Waals surface area contributed by atoms with Crippen LogP contribution in [0.1, 0.15) is 5.56 Å². The largest absolute Gasteiger partial charge is 0.298 e. The minimum atomic E-state index is 0.211. The molecule has 2 aromatic rings. The van der Waals surface area contributed by atoms with E-state index in [1.54, 1.807) is 0 Å². The van der Waals surface area contributed by atoms with Crippen molar-refractivity contribution >= 4 is 45.1 Å². The number of halogens is 2. The zero-order valence-electron chi connectivity index (χ0n) is 10.1. The highest BCUT2D eigenvalue weighted by atomic mass is 79.9. The summed E-state index contributed by atoms with van der Waals surface area (Å²) in [7, 11) is 0. The number of rotatable bonds is 5. The van der Waals surface area contributed by atoms with Gasteiger partial charge in [-0.3, -0.25) is 4.79 Å². The van der Waals surface area contributed by atoms with Crippen LogP contribution in [0.4, 0.5) is 0 Å². The smallest absolute Gasteiger partial charge is 0.147 e. The van der Waals surface area contributed by atoms with Crippen molar-refractivity contribution in [2.45, 2.75) is 11.3 Å². The fraction of sp³-hybridized carbons (Fsp3) is 0.133. The number of thioether (sulfide) groups is 1. The number of ketones is 1. The molecule has 0 unspecified atom stereocenters. The third-order valence-corrected chi connectivity index (χ3v) is 4.27. The van der Waals surface area contributed by atoms with E-state index in [-0.39, 0.29) is 5.78 Å². The molecule has 98 valence electrons. The molecule has 19 heavy (non-hydrogen) atoms. The lowest BCUT2D eigenvalue weighted by Gasteiger charge is -2.03. The Balaban J connectivity index is 1.88. The SMILES string of the molecule is O=C(CSc1cccc(Cl)c1)Cc1cccc(Br)c1. The van der Waals surface area contributed by atoms with Crippen molar-refractivity contribution in [1.82, 2.24) is 0 Å². The average molecular weight is 356 g/mol. The molecule has 0 heterocycles. The second-order valence-electron chi connectivity index (χ2n) is 4.09. The third kappa shape index (κ3) is 5.01. The van der Waals surface area contributed by atoms with Crippen LogP contribution >= 0.6 is 39.3 Å². The molecule has 0 saturated heterocycles. The molecule has 0 atom stereocenters. The Morgan fingerprint density at radius 1 is 1.16 bits per heavy atom. The van der Waals surface area contributed by atoms with Gasteiger partial charge < -0.3 is 0 Å². The first-order valence-electron chi connectivity index (χ1n) is 5.78. The van der Waals surface area contributed by atoms with Crippen molar-refractivity contribution in [1.29, 1.82) is 0 Å². The molecule has 0 spiro atoms. The van der Waals surface area contributed by atoms with Crippen molar-refractivity contribution < 1.29 is 4.79 Å². The highest BCUT2D eigenvalue weighted by molar-refractivity contribution is 9.10. The lowest BCUT2D eigenvalue weighted by molar-refractivity contribution is -0.116. The molecule has 0 aliphatic carbocycles. The molecule has 0 saturated carbocycles. The topological polar surface area (TPSA) is 17.1 Å². The first-order valence-corrected chi connectivity index (χ1v) is 7.93. The summed E-state index contributed by atoms with van der Waals surface area (Å²) < 4.78 is 1.00. The van der Waals surface area contributed by atoms with E-state index in [9.17, 15) is 4.79 Å². The molecule has 0 amide bonds. The van der Waals surface area contributed by atoms with Gasteiger partial charge in [0, 0.05) is 20.8 Å². The minimum absolute atomic E-state index is 0.211. The fourth-order valence-corrected chi connectivity index (χ4v) is 3.16. The lowest BCUT2D eigenvalue weighted by Crippen LogP contribution is -2.05. The van der Waals surface area contributed by atoms with Gasteiger partial charge in [0.05, 0.1) is 5.75 Å². The normalized spacial score (nSPS) is 10.4. The molecular weight excluding hydrogens is 344 g/mol. The van der Waals surface area contributed by atoms with Crippen LogP contribution in [-0.4, -0.2) is 11.5 Å². The number of benzene rings is 2. The van der Waals surface area contributed by atoms with Gasteiger partial charge >= 0.3 is 0 Å². The Bertz CT molecular complexity index is 586. The number of carbonyl (C=O) groups is 1. The zero-order valence-corrected chi connectivity index (χ0v) is 13.3. The molecule has 0 N–H and O–H groups in total. The molecule has 0 aliphatic rings. The van der Waals surface area contributed by atoms with Gasteiger partial charge in [-0.15, -0.1) is 11.8 Å². The van der Waals surface area contributed by atoms with Gasteiger partial charge in [0.25, 0.3) is 0 Å². The Hall–Kier alpha value is -0.770. The Morgan fingerprint density at radius 3 is 2.68 bits per heavy atom. The van der Waals surface area contributed by atoms with Crippen molar-refractivity contribution in [3.05, 3.63) is 63.6 Å². The number of hydrogen-bond acceptors (Lipinski definition) is 2. The predicted octanol–water partition coefficient (Wildman–Crippen LogP) is 5.01. The number of carbonyl (C=O) groups excluding carboxylic acids is 1. The van der Waals surface area contributed by atoms with Crippen LogP contribution < -0.4 is 0 Å². The molecule has 0 bridgehead atoms. The molecule has 1 nitrogen and oxygen atoms in total. The highest BCUT2D eigenvalue weighted by Crippen LogP contribution is 2.22. The van der Waals surface area contributed by atoms with Gasteiger partial charge in [-0.2, -0.15) is 0 Å². The summed E-state index contributed by atoms with van der Waals surface area (Å²) in [6, 6.07) is 15.4. The first-order chi connectivity index (χ1) is 9.13. The summed E-state index contributed by atoms with van der Waals surface area (Å²) in [6.45, 7) is 0. The van der Waals surface area contributed by atoms with Crippen molar-refractivity contribution in [2.24, 2.45) is 0 Å². The van der Waals surface area contributed by atoms with Crippen molar-refractivity contribution in [3.8, 4) is 0 Å². The summed E-state index contributed by atoms with van der Waals surface area (Å²) in [5.41, 5.74) is 1.03. The maximum atomic E-state index is 11.9. The van der Waals surface area contributed by atoms with Gasteiger partial charge in [0.2, 0.25) is 0 Å². The Morgan fingerprint density at radius 2 is 1.95 bits per heavy atom. The lowest BCUT2D eigenvalue weighted by atomic mass is 10.1. The van der Waals surface area contributed by atoms with Gasteiger partial charge in [0.15, 0.2) is 0 Å². The Kier molecular flexibility index (Phi) is 5.49. The number of hydrogen-bond donors (Lipinski definition) is 0. The van der Waals surface area contributed by atoms with Crippen LogP contribution in [0.25, 0.3) is 0 Å². The zero-order chi connectivity index (χ0) is 13.7. The second-order valence-corrected chi connectivity index (χ2v) is 6.49. The highest BCUT2D eigenvalue weighted by Gasteiger charge is 2.05. The maximum Gasteiger partial charge on any atom is 0.147 e. The van der Waals surface area contributed by atoms with E-state index < -0.39 is 0 Å². The van der Waals surface area contributed by atoms with Crippen molar-refractivity contribution in [3.63, 3.8) is 0 Å². The van der Waals surface area contributed by atoms with Gasteiger partial charge in [-0.05, 0) is 35.9 Å². The fourth-order valence-electron chi connectivity index (χ4n) is 1.65. The summed E-state index contributed by atoms with van der Waals surface area (Å²) in [5.74, 6) is 0.676. The first kappa shape index (κ1) is 14.6. The van der Waals surface area contributed by atoms with Crippen LogP contribution in [0.15, 0.2) is 57.9 Å². The van der Waals surface area contributed by atoms with Crippen LogP contribution in [0.3, 0.4) is 0 Å². The third-order valence-electron chi connectivity index (χ3n) is 2.49. The molecule has 4 heteroatoms. The predicted molar refractivity (Wildman–Crippen MR) is 85.0 cm³/mol. The van der Waals surface area contributed by atoms with E-state index in [0.717, 1.165) is 14.9 Å². The monoisotopic (exact) mass is 354 g/mol. The summed E-state index contributed by atoms with van der Waals surface area (Å²) in [5, 5.41) is 0.699. The van der Waals surface area contributed by atoms with E-state index in [0.29, 0.717) is 17.2 Å². The molecule has 2 aromatic carbocycles. The van der Waals surface area contributed by atoms with Crippen LogP contribution in [-0.2, 0) is 11.2 Å². The van der Waals surface area contributed by atoms with Gasteiger partial charge in [-0.25, -0.2) is 0 Å². The van der Waals surface area contributed by atoms with E-state index in [2.05, 4.69) is 15.9 Å².